The number of nitrogens with one attached hydrogen (secondary N) is 1. The molecule has 0 aliphatic carbocycles. The lowest BCUT2D eigenvalue weighted by molar-refractivity contribution is 0.358. The molecule has 0 saturated heterocycles. The Morgan fingerprint density at radius 2 is 2.00 bits per heavy atom. The molecular weight excluding hydrogens is 262 g/mol. The molecule has 5 nitrogen and oxygen atoms in total. The Morgan fingerprint density at radius 3 is 2.63 bits per heavy atom. The Morgan fingerprint density at radius 1 is 1.32 bits per heavy atom. The fourth-order valence-corrected chi connectivity index (χ4v) is 2.79. The number of sulfonamides is 1. The van der Waals surface area contributed by atoms with Gasteiger partial charge in [-0.05, 0) is 24.7 Å². The molecule has 0 aliphatic heterocycles. The van der Waals surface area contributed by atoms with Crippen LogP contribution in [0.5, 0.6) is 0 Å². The Balaban J connectivity index is 2.54. The number of likely N-dealkylation sites (N-methyl/N-ethyl adjacent to an activating group) is 1. The second kappa shape index (κ2) is 7.59. The normalized spacial score (nSPS) is 12.0. The highest BCUT2D eigenvalue weighted by Crippen LogP contribution is 2.08. The van der Waals surface area contributed by atoms with E-state index in [4.69, 9.17) is 5.73 Å². The highest BCUT2D eigenvalue weighted by atomic mass is 32.2. The molecular formula is C13H23N3O2S. The summed E-state index contributed by atoms with van der Waals surface area (Å²) in [4.78, 5) is 2.05. The highest BCUT2D eigenvalue weighted by Gasteiger charge is 2.11. The van der Waals surface area contributed by atoms with Crippen LogP contribution in [0.15, 0.2) is 24.3 Å². The second-order valence-corrected chi connectivity index (χ2v) is 6.38. The SMILES string of the molecule is CCN(C)CCNS(=O)(=O)Cc1cccc(CN)c1. The van der Waals surface area contributed by atoms with Gasteiger partial charge in [-0.3, -0.25) is 0 Å². The molecule has 1 rings (SSSR count). The van der Waals surface area contributed by atoms with Gasteiger partial charge < -0.3 is 10.6 Å². The molecule has 3 N–H and O–H groups in total. The smallest absolute Gasteiger partial charge is 0.215 e. The fourth-order valence-electron chi connectivity index (χ4n) is 1.67. The third-order valence-corrected chi connectivity index (χ3v) is 4.30. The largest absolute Gasteiger partial charge is 0.326 e. The lowest BCUT2D eigenvalue weighted by Crippen LogP contribution is -2.33. The average molecular weight is 285 g/mol. The van der Waals surface area contributed by atoms with Gasteiger partial charge in [0.15, 0.2) is 0 Å². The summed E-state index contributed by atoms with van der Waals surface area (Å²) in [5.74, 6) is -0.00329. The first-order valence-corrected chi connectivity index (χ1v) is 8.06. The van der Waals surface area contributed by atoms with Crippen molar-refractivity contribution in [2.75, 3.05) is 26.7 Å². The highest BCUT2D eigenvalue weighted by molar-refractivity contribution is 7.88. The van der Waals surface area contributed by atoms with E-state index in [9.17, 15) is 8.42 Å². The second-order valence-electron chi connectivity index (χ2n) is 4.57. The van der Waals surface area contributed by atoms with E-state index >= 15 is 0 Å². The van der Waals surface area contributed by atoms with Crippen molar-refractivity contribution in [3.8, 4) is 0 Å². The minimum absolute atomic E-state index is 0.00329. The predicted molar refractivity (Wildman–Crippen MR) is 78.1 cm³/mol. The number of hydrogen-bond acceptors (Lipinski definition) is 4. The van der Waals surface area contributed by atoms with Gasteiger partial charge in [0.2, 0.25) is 10.0 Å². The van der Waals surface area contributed by atoms with Gasteiger partial charge in [-0.25, -0.2) is 13.1 Å². The predicted octanol–water partition coefficient (Wildman–Crippen LogP) is 0.516. The molecule has 0 aromatic heterocycles. The van der Waals surface area contributed by atoms with Crippen molar-refractivity contribution < 1.29 is 8.42 Å². The first-order chi connectivity index (χ1) is 8.96. The molecule has 0 radical (unpaired) electrons. The first kappa shape index (κ1) is 16.1. The third kappa shape index (κ3) is 6.15. The van der Waals surface area contributed by atoms with Crippen LogP contribution in [0.3, 0.4) is 0 Å². The Bertz CT molecular complexity index is 488. The van der Waals surface area contributed by atoms with Gasteiger partial charge >= 0.3 is 0 Å². The molecule has 0 atom stereocenters. The van der Waals surface area contributed by atoms with Gasteiger partial charge in [0, 0.05) is 19.6 Å². The number of hydrogen-bond donors (Lipinski definition) is 2. The monoisotopic (exact) mass is 285 g/mol. The summed E-state index contributed by atoms with van der Waals surface area (Å²) in [6.45, 7) is 4.50. The summed E-state index contributed by atoms with van der Waals surface area (Å²) in [7, 11) is -1.32. The first-order valence-electron chi connectivity index (χ1n) is 6.40. The van der Waals surface area contributed by atoms with E-state index < -0.39 is 10.0 Å². The van der Waals surface area contributed by atoms with Gasteiger partial charge in [0.25, 0.3) is 0 Å². The summed E-state index contributed by atoms with van der Waals surface area (Å²) >= 11 is 0. The maximum absolute atomic E-state index is 11.9. The van der Waals surface area contributed by atoms with E-state index in [0.29, 0.717) is 19.6 Å². The van der Waals surface area contributed by atoms with Crippen molar-refractivity contribution in [1.29, 1.82) is 0 Å². The standard InChI is InChI=1S/C13H23N3O2S/c1-3-16(2)8-7-15-19(17,18)11-13-6-4-5-12(9-13)10-14/h4-6,9,15H,3,7-8,10-11,14H2,1-2H3. The Kier molecular flexibility index (Phi) is 6.44. The Labute approximate surface area is 115 Å². The molecule has 0 spiro atoms. The van der Waals surface area contributed by atoms with E-state index in [2.05, 4.69) is 9.62 Å². The van der Waals surface area contributed by atoms with Gasteiger partial charge in [0.1, 0.15) is 0 Å². The van der Waals surface area contributed by atoms with Gasteiger partial charge in [-0.15, -0.1) is 0 Å². The zero-order chi connectivity index (χ0) is 14.3. The maximum atomic E-state index is 11.9. The van der Waals surface area contributed by atoms with E-state index in [0.717, 1.165) is 17.7 Å². The zero-order valence-corrected chi connectivity index (χ0v) is 12.4. The molecule has 6 heteroatoms. The van der Waals surface area contributed by atoms with Crippen LogP contribution >= 0.6 is 0 Å². The molecule has 0 amide bonds. The van der Waals surface area contributed by atoms with Crippen LogP contribution in [0.4, 0.5) is 0 Å². The number of nitrogens with zero attached hydrogens (tertiary/aromatic N) is 1. The van der Waals surface area contributed by atoms with Gasteiger partial charge in [-0.2, -0.15) is 0 Å². The van der Waals surface area contributed by atoms with Crippen LogP contribution in [-0.2, 0) is 22.3 Å². The minimum Gasteiger partial charge on any atom is -0.326 e. The zero-order valence-electron chi connectivity index (χ0n) is 11.6. The van der Waals surface area contributed by atoms with E-state index in [1.54, 1.807) is 6.07 Å². The van der Waals surface area contributed by atoms with Crippen molar-refractivity contribution in [3.05, 3.63) is 35.4 Å². The molecule has 19 heavy (non-hydrogen) atoms. The minimum atomic E-state index is -3.28. The lowest BCUT2D eigenvalue weighted by Gasteiger charge is -2.14. The van der Waals surface area contributed by atoms with Crippen LogP contribution in [0.2, 0.25) is 0 Å². The topological polar surface area (TPSA) is 75.4 Å². The quantitative estimate of drug-likeness (QED) is 0.730. The van der Waals surface area contributed by atoms with Crippen molar-refractivity contribution in [2.45, 2.75) is 19.2 Å². The number of rotatable bonds is 8. The Hall–Kier alpha value is -0.950. The molecule has 0 fully saturated rings. The molecule has 0 heterocycles. The van der Waals surface area contributed by atoms with Crippen LogP contribution in [0.1, 0.15) is 18.1 Å². The average Bonchev–Trinajstić information content (AvgIpc) is 2.37. The molecule has 108 valence electrons. The fraction of sp³-hybridized carbons (Fsp3) is 0.538. The number of benzene rings is 1. The third-order valence-electron chi connectivity index (χ3n) is 2.94. The van der Waals surface area contributed by atoms with E-state index in [1.165, 1.54) is 0 Å². The van der Waals surface area contributed by atoms with Crippen molar-refractivity contribution in [2.24, 2.45) is 5.73 Å². The summed E-state index contributed by atoms with van der Waals surface area (Å²) in [6.07, 6.45) is 0. The van der Waals surface area contributed by atoms with Crippen LogP contribution in [0, 0.1) is 0 Å². The van der Waals surface area contributed by atoms with Crippen molar-refractivity contribution in [1.82, 2.24) is 9.62 Å². The summed E-state index contributed by atoms with van der Waals surface area (Å²) in [6, 6.07) is 7.35. The lowest BCUT2D eigenvalue weighted by atomic mass is 10.1. The van der Waals surface area contributed by atoms with Crippen molar-refractivity contribution in [3.63, 3.8) is 0 Å². The molecule has 0 aliphatic rings. The summed E-state index contributed by atoms with van der Waals surface area (Å²) < 4.78 is 26.4. The molecule has 0 bridgehead atoms. The van der Waals surface area contributed by atoms with Gasteiger partial charge in [0.05, 0.1) is 5.75 Å². The molecule has 1 aromatic carbocycles. The van der Waals surface area contributed by atoms with Crippen LogP contribution in [-0.4, -0.2) is 40.0 Å². The maximum Gasteiger partial charge on any atom is 0.215 e. The van der Waals surface area contributed by atoms with Crippen molar-refractivity contribution >= 4 is 10.0 Å². The van der Waals surface area contributed by atoms with Crippen LogP contribution < -0.4 is 10.5 Å². The summed E-state index contributed by atoms with van der Waals surface area (Å²) in [5, 5.41) is 0. The summed E-state index contributed by atoms with van der Waals surface area (Å²) in [5.41, 5.74) is 7.25. The molecule has 0 saturated carbocycles. The van der Waals surface area contributed by atoms with E-state index in [1.807, 2.05) is 32.2 Å². The number of nitrogens with two attached hydrogens (primary N) is 1. The van der Waals surface area contributed by atoms with Crippen LogP contribution in [0.25, 0.3) is 0 Å². The molecule has 0 unspecified atom stereocenters. The molecule has 1 aromatic rings. The van der Waals surface area contributed by atoms with Gasteiger partial charge in [-0.1, -0.05) is 31.2 Å². The van der Waals surface area contributed by atoms with E-state index in [-0.39, 0.29) is 5.75 Å².